The Hall–Kier alpha value is -2.11. The van der Waals surface area contributed by atoms with Gasteiger partial charge in [-0.1, -0.05) is 238 Å². The van der Waals surface area contributed by atoms with Crippen molar-refractivity contribution >= 4 is 17.9 Å². The molecule has 0 bridgehead atoms. The zero-order valence-corrected chi connectivity index (χ0v) is 39.5. The Kier molecular flexibility index (Phi) is 46.8. The van der Waals surface area contributed by atoms with Gasteiger partial charge in [0.2, 0.25) is 0 Å². The molecular formula is C53H98O6. The van der Waals surface area contributed by atoms with Crippen LogP contribution in [-0.4, -0.2) is 37.2 Å². The highest BCUT2D eigenvalue weighted by Gasteiger charge is 2.19. The molecule has 0 fully saturated rings. The van der Waals surface area contributed by atoms with E-state index in [4.69, 9.17) is 14.2 Å². The molecule has 0 aromatic carbocycles. The summed E-state index contributed by atoms with van der Waals surface area (Å²) in [5.74, 6) is -0.900. The monoisotopic (exact) mass is 831 g/mol. The zero-order chi connectivity index (χ0) is 43.0. The molecule has 0 amide bonds. The van der Waals surface area contributed by atoms with Crippen LogP contribution in [-0.2, 0) is 28.6 Å². The predicted molar refractivity (Wildman–Crippen MR) is 252 cm³/mol. The number of allylic oxidation sites excluding steroid dienone is 4. The lowest BCUT2D eigenvalue weighted by Crippen LogP contribution is -2.30. The van der Waals surface area contributed by atoms with Gasteiger partial charge in [0.05, 0.1) is 0 Å². The van der Waals surface area contributed by atoms with Gasteiger partial charge in [-0.15, -0.1) is 0 Å². The summed E-state index contributed by atoms with van der Waals surface area (Å²) in [5.41, 5.74) is 0. The quantitative estimate of drug-likeness (QED) is 0.0263. The lowest BCUT2D eigenvalue weighted by molar-refractivity contribution is -0.167. The minimum Gasteiger partial charge on any atom is -0.462 e. The van der Waals surface area contributed by atoms with Gasteiger partial charge in [-0.3, -0.25) is 14.4 Å². The number of ether oxygens (including phenoxy) is 3. The Labute approximate surface area is 366 Å². The minimum atomic E-state index is -0.777. The summed E-state index contributed by atoms with van der Waals surface area (Å²) >= 11 is 0. The number of esters is 3. The molecule has 6 heteroatoms. The maximum Gasteiger partial charge on any atom is 0.306 e. The highest BCUT2D eigenvalue weighted by Crippen LogP contribution is 2.16. The summed E-state index contributed by atoms with van der Waals surface area (Å²) in [7, 11) is 0. The second kappa shape index (κ2) is 48.6. The second-order valence-corrected chi connectivity index (χ2v) is 17.4. The van der Waals surface area contributed by atoms with Crippen LogP contribution in [0.15, 0.2) is 24.3 Å². The smallest absolute Gasteiger partial charge is 0.306 e. The van der Waals surface area contributed by atoms with Gasteiger partial charge in [0.15, 0.2) is 6.10 Å². The predicted octanol–water partition coefficient (Wildman–Crippen LogP) is 16.8. The van der Waals surface area contributed by atoms with Crippen molar-refractivity contribution in [1.29, 1.82) is 0 Å². The normalized spacial score (nSPS) is 12.1. The van der Waals surface area contributed by atoms with Crippen LogP contribution in [0, 0.1) is 0 Å². The van der Waals surface area contributed by atoms with E-state index in [2.05, 4.69) is 45.1 Å². The molecule has 0 aliphatic heterocycles. The average Bonchev–Trinajstić information content (AvgIpc) is 3.23. The first-order valence-corrected chi connectivity index (χ1v) is 25.8. The van der Waals surface area contributed by atoms with Crippen molar-refractivity contribution in [1.82, 2.24) is 0 Å². The summed E-state index contributed by atoms with van der Waals surface area (Å²) < 4.78 is 16.7. The number of unbranched alkanes of at least 4 members (excludes halogenated alkanes) is 32. The van der Waals surface area contributed by atoms with Crippen LogP contribution in [0.2, 0.25) is 0 Å². The first-order valence-electron chi connectivity index (χ1n) is 25.8. The summed E-state index contributed by atoms with van der Waals surface area (Å²) in [6, 6.07) is 0. The van der Waals surface area contributed by atoms with Crippen molar-refractivity contribution in [2.75, 3.05) is 13.2 Å². The van der Waals surface area contributed by atoms with E-state index in [0.29, 0.717) is 19.3 Å². The van der Waals surface area contributed by atoms with Gasteiger partial charge in [0, 0.05) is 19.3 Å². The van der Waals surface area contributed by atoms with E-state index in [1.807, 2.05) is 0 Å². The standard InChI is InChI=1S/C53H98O6/c1-4-7-10-13-16-19-21-23-25-27-29-31-34-37-40-43-46-52(55)58-49-50(48-57-51(54)45-42-39-36-33-18-15-12-9-6-3)59-53(56)47-44-41-38-35-32-30-28-26-24-22-20-17-14-11-8-5-2/h9,12,18,33,50H,4-8,10-11,13-17,19-32,34-49H2,1-3H3/b12-9-,33-18-. The molecule has 0 rings (SSSR count). The van der Waals surface area contributed by atoms with E-state index < -0.39 is 6.10 Å². The third kappa shape index (κ3) is 46.8. The molecule has 1 atom stereocenters. The van der Waals surface area contributed by atoms with Crippen molar-refractivity contribution in [3.05, 3.63) is 24.3 Å². The summed E-state index contributed by atoms with van der Waals surface area (Å²) in [4.78, 5) is 37.8. The van der Waals surface area contributed by atoms with Crippen molar-refractivity contribution < 1.29 is 28.6 Å². The molecule has 0 saturated heterocycles. The number of hydrogen-bond donors (Lipinski definition) is 0. The third-order valence-corrected chi connectivity index (χ3v) is 11.5. The van der Waals surface area contributed by atoms with Gasteiger partial charge in [-0.05, 0) is 44.9 Å². The van der Waals surface area contributed by atoms with Crippen LogP contribution in [0.1, 0.15) is 278 Å². The van der Waals surface area contributed by atoms with Gasteiger partial charge >= 0.3 is 17.9 Å². The molecule has 0 aliphatic carbocycles. The number of carbonyl (C=O) groups excluding carboxylic acids is 3. The fraction of sp³-hybridized carbons (Fsp3) is 0.868. The Bertz CT molecular complexity index is 958. The van der Waals surface area contributed by atoms with Gasteiger partial charge < -0.3 is 14.2 Å². The highest BCUT2D eigenvalue weighted by atomic mass is 16.6. The van der Waals surface area contributed by atoms with Crippen LogP contribution in [0.3, 0.4) is 0 Å². The van der Waals surface area contributed by atoms with Gasteiger partial charge in [-0.25, -0.2) is 0 Å². The number of hydrogen-bond acceptors (Lipinski definition) is 6. The fourth-order valence-corrected chi connectivity index (χ4v) is 7.60. The summed E-state index contributed by atoms with van der Waals surface area (Å²) in [6.07, 6.45) is 54.6. The molecule has 0 aromatic heterocycles. The van der Waals surface area contributed by atoms with Crippen molar-refractivity contribution in [2.45, 2.75) is 284 Å². The van der Waals surface area contributed by atoms with Gasteiger partial charge in [0.25, 0.3) is 0 Å². The molecule has 0 heterocycles. The van der Waals surface area contributed by atoms with E-state index >= 15 is 0 Å². The average molecular weight is 831 g/mol. The van der Waals surface area contributed by atoms with Crippen molar-refractivity contribution in [2.24, 2.45) is 0 Å². The van der Waals surface area contributed by atoms with Crippen LogP contribution in [0.5, 0.6) is 0 Å². The van der Waals surface area contributed by atoms with Crippen molar-refractivity contribution in [3.8, 4) is 0 Å². The summed E-state index contributed by atoms with van der Waals surface area (Å²) in [5, 5.41) is 0. The van der Waals surface area contributed by atoms with Crippen LogP contribution >= 0.6 is 0 Å². The topological polar surface area (TPSA) is 78.9 Å². The molecule has 0 aliphatic rings. The van der Waals surface area contributed by atoms with Crippen LogP contribution < -0.4 is 0 Å². The Morgan fingerprint density at radius 2 is 0.661 bits per heavy atom. The molecule has 346 valence electrons. The third-order valence-electron chi connectivity index (χ3n) is 11.5. The largest absolute Gasteiger partial charge is 0.462 e. The molecule has 59 heavy (non-hydrogen) atoms. The molecule has 0 saturated carbocycles. The van der Waals surface area contributed by atoms with E-state index in [1.165, 1.54) is 167 Å². The van der Waals surface area contributed by atoms with Gasteiger partial charge in [0.1, 0.15) is 13.2 Å². The van der Waals surface area contributed by atoms with E-state index in [9.17, 15) is 14.4 Å². The Morgan fingerprint density at radius 3 is 1.02 bits per heavy atom. The Morgan fingerprint density at radius 1 is 0.356 bits per heavy atom. The summed E-state index contributed by atoms with van der Waals surface area (Å²) in [6.45, 7) is 6.52. The Balaban J connectivity index is 4.28. The highest BCUT2D eigenvalue weighted by molar-refractivity contribution is 5.71. The molecule has 0 spiro atoms. The van der Waals surface area contributed by atoms with E-state index in [1.54, 1.807) is 0 Å². The van der Waals surface area contributed by atoms with E-state index in [0.717, 1.165) is 70.6 Å². The van der Waals surface area contributed by atoms with E-state index in [-0.39, 0.29) is 31.1 Å². The minimum absolute atomic E-state index is 0.0764. The number of carbonyl (C=O) groups is 3. The zero-order valence-electron chi connectivity index (χ0n) is 39.5. The maximum atomic E-state index is 12.8. The van der Waals surface area contributed by atoms with Crippen molar-refractivity contribution in [3.63, 3.8) is 0 Å². The lowest BCUT2D eigenvalue weighted by atomic mass is 10.0. The molecular weight excluding hydrogens is 733 g/mol. The first-order chi connectivity index (χ1) is 29.0. The van der Waals surface area contributed by atoms with Gasteiger partial charge in [-0.2, -0.15) is 0 Å². The fourth-order valence-electron chi connectivity index (χ4n) is 7.60. The lowest BCUT2D eigenvalue weighted by Gasteiger charge is -2.18. The second-order valence-electron chi connectivity index (χ2n) is 17.4. The molecule has 0 aromatic rings. The first kappa shape index (κ1) is 56.9. The molecule has 1 unspecified atom stereocenters. The van der Waals surface area contributed by atoms with Crippen LogP contribution in [0.4, 0.5) is 0 Å². The number of rotatable bonds is 47. The molecule has 0 N–H and O–H groups in total. The SMILES string of the molecule is CC/C=C\C/C=C\CCCCC(=O)OCC(COC(=O)CCCCCCCCCCCCCCCCCC)OC(=O)CCCCCCCCCCCCCCCCCC. The van der Waals surface area contributed by atoms with Crippen LogP contribution in [0.25, 0.3) is 0 Å². The molecule has 0 radical (unpaired) electrons. The maximum absolute atomic E-state index is 12.8. The molecule has 6 nitrogen and oxygen atoms in total.